The molecule has 0 saturated heterocycles. The fraction of sp³-hybridized carbons (Fsp3) is 0.357. The van der Waals surface area contributed by atoms with E-state index in [0.717, 1.165) is 35.2 Å². The summed E-state index contributed by atoms with van der Waals surface area (Å²) < 4.78 is 14.1. The Bertz CT molecular complexity index is 3250. The van der Waals surface area contributed by atoms with Crippen molar-refractivity contribution in [2.75, 3.05) is 9.71 Å². The number of para-hydroxylation sites is 2. The summed E-state index contributed by atoms with van der Waals surface area (Å²) in [6.07, 6.45) is 7.15. The van der Waals surface area contributed by atoms with Crippen LogP contribution >= 0.6 is 0 Å². The number of anilines is 4. The summed E-state index contributed by atoms with van der Waals surface area (Å²) >= 11 is 0. The van der Waals surface area contributed by atoms with Gasteiger partial charge in [-0.15, -0.1) is 0 Å². The van der Waals surface area contributed by atoms with Crippen LogP contribution in [0.25, 0.3) is 55.0 Å². The van der Waals surface area contributed by atoms with Crippen LogP contribution in [0.1, 0.15) is 123 Å². The maximum absolute atomic E-state index is 7.08. The van der Waals surface area contributed by atoms with Gasteiger partial charge in [0.25, 0.3) is 0 Å². The van der Waals surface area contributed by atoms with Crippen LogP contribution in [0.3, 0.4) is 0 Å². The largest absolute Gasteiger partial charge is 0.456 e. The zero-order chi connectivity index (χ0) is 41.7. The molecule has 8 aromatic rings. The van der Waals surface area contributed by atoms with Gasteiger partial charge in [-0.05, 0) is 130 Å². The average molecular weight is 799 g/mol. The zero-order valence-corrected chi connectivity index (χ0v) is 37.3. The summed E-state index contributed by atoms with van der Waals surface area (Å²) in [5, 5.41) is 4.80. The smallest absolute Gasteiger partial charge is 0.333 e. The summed E-state index contributed by atoms with van der Waals surface area (Å²) in [6, 6.07) is 37.2. The first kappa shape index (κ1) is 36.3. The Morgan fingerprint density at radius 3 is 2.07 bits per heavy atom. The molecule has 0 N–H and O–H groups in total. The topological polar surface area (TPSA) is 32.8 Å². The lowest BCUT2D eigenvalue weighted by molar-refractivity contribution is 0.195. The van der Waals surface area contributed by atoms with Crippen LogP contribution in [-0.4, -0.2) is 12.4 Å². The van der Waals surface area contributed by atoms with Crippen LogP contribution in [0.15, 0.2) is 106 Å². The second kappa shape index (κ2) is 11.3. The van der Waals surface area contributed by atoms with Gasteiger partial charge >= 0.3 is 6.85 Å². The standard InChI is InChI=1S/C56H55BN2O2/c1-52(2,3)32-27-39-51-40(28-32)57-49-41(58(51)56(9)24-16-15-23-55(39,56)8)31-45-46(34-19-13-14-20-42(34)60-45)48(49)35-21-22-43-47(50(35)59(57)33-17-11-10-12-18-33)36-29-37-38(30-44(36)61-43)54(6,7)26-25-53(37,4)5/h10-14,17-22,27-31H,15-16,23-26H2,1-9H3. The van der Waals surface area contributed by atoms with E-state index in [2.05, 4.69) is 169 Å². The molecule has 304 valence electrons. The summed E-state index contributed by atoms with van der Waals surface area (Å²) in [5.41, 5.74) is 20.1. The maximum Gasteiger partial charge on any atom is 0.333 e. The first-order chi connectivity index (χ1) is 29.1. The molecule has 0 bridgehead atoms. The van der Waals surface area contributed by atoms with Gasteiger partial charge in [-0.25, -0.2) is 0 Å². The van der Waals surface area contributed by atoms with Crippen LogP contribution in [-0.2, 0) is 21.7 Å². The molecule has 61 heavy (non-hydrogen) atoms. The molecule has 0 amide bonds. The minimum absolute atomic E-state index is 0.0159. The molecule has 3 aliphatic heterocycles. The van der Waals surface area contributed by atoms with E-state index in [1.54, 1.807) is 0 Å². The number of fused-ring (bicyclic) bond motifs is 16. The van der Waals surface area contributed by atoms with Crippen molar-refractivity contribution in [3.05, 3.63) is 119 Å². The number of hydrogen-bond donors (Lipinski definition) is 0. The van der Waals surface area contributed by atoms with Crippen LogP contribution in [0, 0.1) is 0 Å². The van der Waals surface area contributed by atoms with Crippen molar-refractivity contribution in [1.82, 2.24) is 0 Å². The normalized spacial score (nSPS) is 23.1. The zero-order valence-electron chi connectivity index (χ0n) is 37.3. The third-order valence-electron chi connectivity index (χ3n) is 17.0. The van der Waals surface area contributed by atoms with E-state index in [1.165, 1.54) is 114 Å². The van der Waals surface area contributed by atoms with Crippen LogP contribution in [0.5, 0.6) is 0 Å². The molecule has 13 rings (SSSR count). The van der Waals surface area contributed by atoms with E-state index in [1.807, 2.05) is 0 Å². The van der Waals surface area contributed by atoms with E-state index in [0.29, 0.717) is 0 Å². The van der Waals surface area contributed by atoms with Crippen molar-refractivity contribution in [3.8, 4) is 11.1 Å². The third-order valence-corrected chi connectivity index (χ3v) is 17.0. The van der Waals surface area contributed by atoms with Gasteiger partial charge in [0, 0.05) is 56.0 Å². The molecule has 2 unspecified atom stereocenters. The summed E-state index contributed by atoms with van der Waals surface area (Å²) in [5.74, 6) is 0. The highest BCUT2D eigenvalue weighted by molar-refractivity contribution is 6.94. The van der Waals surface area contributed by atoms with Gasteiger partial charge in [-0.1, -0.05) is 117 Å². The second-order valence-electron chi connectivity index (χ2n) is 22.2. The summed E-state index contributed by atoms with van der Waals surface area (Å²) in [6.45, 7) is 22.0. The molecule has 0 radical (unpaired) electrons. The highest BCUT2D eigenvalue weighted by Gasteiger charge is 2.62. The Labute approximate surface area is 360 Å². The van der Waals surface area contributed by atoms with Crippen molar-refractivity contribution >= 4 is 84.4 Å². The van der Waals surface area contributed by atoms with Crippen molar-refractivity contribution in [3.63, 3.8) is 0 Å². The van der Waals surface area contributed by atoms with Crippen LogP contribution in [0.2, 0.25) is 0 Å². The Morgan fingerprint density at radius 2 is 1.30 bits per heavy atom. The lowest BCUT2D eigenvalue weighted by Crippen LogP contribution is -2.64. The molecule has 2 aliphatic carbocycles. The quantitative estimate of drug-likeness (QED) is 0.155. The van der Waals surface area contributed by atoms with Gasteiger partial charge in [0.1, 0.15) is 22.3 Å². The van der Waals surface area contributed by atoms with Crippen molar-refractivity contribution < 1.29 is 8.83 Å². The Balaban J connectivity index is 1.25. The Kier molecular flexibility index (Phi) is 6.74. The Morgan fingerprint density at radius 1 is 0.590 bits per heavy atom. The Hall–Kier alpha value is -5.42. The molecule has 1 fully saturated rings. The molecule has 1 saturated carbocycles. The third kappa shape index (κ3) is 4.38. The van der Waals surface area contributed by atoms with E-state index in [9.17, 15) is 0 Å². The van der Waals surface area contributed by atoms with Crippen molar-refractivity contribution in [2.45, 2.75) is 128 Å². The van der Waals surface area contributed by atoms with E-state index < -0.39 is 0 Å². The van der Waals surface area contributed by atoms with Gasteiger partial charge in [0.15, 0.2) is 0 Å². The first-order valence-electron chi connectivity index (χ1n) is 23.0. The number of rotatable bonds is 1. The molecule has 0 spiro atoms. The van der Waals surface area contributed by atoms with Gasteiger partial charge in [-0.3, -0.25) is 0 Å². The highest BCUT2D eigenvalue weighted by atomic mass is 16.3. The molecule has 4 nitrogen and oxygen atoms in total. The van der Waals surface area contributed by atoms with Gasteiger partial charge < -0.3 is 18.5 Å². The fourth-order valence-corrected chi connectivity index (χ4v) is 13.3. The first-order valence-corrected chi connectivity index (χ1v) is 23.0. The predicted molar refractivity (Wildman–Crippen MR) is 257 cm³/mol. The average Bonchev–Trinajstić information content (AvgIpc) is 3.86. The highest BCUT2D eigenvalue weighted by Crippen LogP contribution is 2.64. The molecule has 6 aromatic carbocycles. The number of furan rings is 2. The molecular formula is C56H55BN2O2. The molecule has 5 heteroatoms. The molecule has 5 aliphatic rings. The maximum atomic E-state index is 7.08. The molecule has 2 aromatic heterocycles. The second-order valence-corrected chi connectivity index (χ2v) is 22.2. The van der Waals surface area contributed by atoms with E-state index >= 15 is 0 Å². The predicted octanol–water partition coefficient (Wildman–Crippen LogP) is 14.1. The van der Waals surface area contributed by atoms with Crippen LogP contribution < -0.4 is 20.6 Å². The minimum Gasteiger partial charge on any atom is -0.456 e. The lowest BCUT2D eigenvalue weighted by atomic mass is 9.42. The van der Waals surface area contributed by atoms with Crippen molar-refractivity contribution in [1.29, 1.82) is 0 Å². The lowest BCUT2D eigenvalue weighted by Gasteiger charge is -2.53. The fourth-order valence-electron chi connectivity index (χ4n) is 13.3. The van der Waals surface area contributed by atoms with E-state index in [-0.39, 0.29) is 34.0 Å². The minimum atomic E-state index is -0.0977. The number of nitrogens with zero attached hydrogens (tertiary/aromatic N) is 2. The SMILES string of the molecule is CC(C)(C)c1cc2c3c(c1)C1(C)CCCCC1(C)N3c1cc3oc4ccccc4c3c3c1B2N(c1ccccc1)c1c-3ccc2oc3cc4c(cc3c12)C(C)(C)CCC4(C)C. The van der Waals surface area contributed by atoms with E-state index in [4.69, 9.17) is 8.83 Å². The van der Waals surface area contributed by atoms with Crippen LogP contribution in [0.4, 0.5) is 22.7 Å². The summed E-state index contributed by atoms with van der Waals surface area (Å²) in [4.78, 5) is 5.56. The molecule has 2 atom stereocenters. The van der Waals surface area contributed by atoms with Gasteiger partial charge in [0.05, 0.1) is 10.9 Å². The molecule has 5 heterocycles. The molecular weight excluding hydrogens is 743 g/mol. The summed E-state index contributed by atoms with van der Waals surface area (Å²) in [7, 11) is 0. The van der Waals surface area contributed by atoms with Crippen molar-refractivity contribution in [2.24, 2.45) is 0 Å². The monoisotopic (exact) mass is 798 g/mol. The van der Waals surface area contributed by atoms with Gasteiger partial charge in [0.2, 0.25) is 0 Å². The number of hydrogen-bond acceptors (Lipinski definition) is 4. The van der Waals surface area contributed by atoms with Gasteiger partial charge in [-0.2, -0.15) is 0 Å². The number of benzene rings is 6.